The maximum Gasteiger partial charge on any atom is 0.238 e. The molecule has 4 heteroatoms. The zero-order chi connectivity index (χ0) is 13.2. The van der Waals surface area contributed by atoms with E-state index in [1.807, 2.05) is 0 Å². The van der Waals surface area contributed by atoms with Gasteiger partial charge in [0.05, 0.1) is 6.04 Å². The Morgan fingerprint density at radius 3 is 2.67 bits per heavy atom. The molecular weight excluding hydrogens is 226 g/mol. The van der Waals surface area contributed by atoms with Gasteiger partial charge in [0.1, 0.15) is 0 Å². The molecule has 0 radical (unpaired) electrons. The zero-order valence-electron chi connectivity index (χ0n) is 11.9. The number of nitrogens with one attached hydrogen (secondary N) is 3. The van der Waals surface area contributed by atoms with Crippen LogP contribution in [0.3, 0.4) is 0 Å². The highest BCUT2D eigenvalue weighted by Gasteiger charge is 2.19. The second kappa shape index (κ2) is 9.34. The summed E-state index contributed by atoms with van der Waals surface area (Å²) in [6, 6.07) is -0.0420. The fourth-order valence-electron chi connectivity index (χ4n) is 2.20. The quantitative estimate of drug-likeness (QED) is 0.573. The number of unbranched alkanes of at least 4 members (excludes halogenated alkanes) is 3. The molecule has 1 amide bonds. The highest BCUT2D eigenvalue weighted by Crippen LogP contribution is 2.08. The van der Waals surface area contributed by atoms with Crippen molar-refractivity contribution < 1.29 is 4.79 Å². The van der Waals surface area contributed by atoms with Crippen LogP contribution < -0.4 is 16.0 Å². The summed E-state index contributed by atoms with van der Waals surface area (Å²) < 4.78 is 0. The van der Waals surface area contributed by atoms with Crippen LogP contribution in [-0.2, 0) is 4.79 Å². The van der Waals surface area contributed by atoms with Crippen LogP contribution in [0.15, 0.2) is 0 Å². The molecule has 0 aromatic carbocycles. The topological polar surface area (TPSA) is 53.2 Å². The number of hydrogen-bond donors (Lipinski definition) is 3. The summed E-state index contributed by atoms with van der Waals surface area (Å²) in [5.41, 5.74) is 0. The van der Waals surface area contributed by atoms with E-state index < -0.39 is 0 Å². The van der Waals surface area contributed by atoms with Crippen molar-refractivity contribution in [3.8, 4) is 0 Å². The van der Waals surface area contributed by atoms with E-state index in [1.54, 1.807) is 0 Å². The van der Waals surface area contributed by atoms with Gasteiger partial charge in [-0.05, 0) is 12.3 Å². The fraction of sp³-hybridized carbons (Fsp3) is 0.929. The van der Waals surface area contributed by atoms with Gasteiger partial charge in [-0.3, -0.25) is 4.79 Å². The molecule has 0 aliphatic carbocycles. The van der Waals surface area contributed by atoms with E-state index in [9.17, 15) is 4.79 Å². The van der Waals surface area contributed by atoms with Crippen LogP contribution in [0.2, 0.25) is 0 Å². The van der Waals surface area contributed by atoms with E-state index in [4.69, 9.17) is 0 Å². The van der Waals surface area contributed by atoms with Crippen molar-refractivity contribution in [1.82, 2.24) is 16.0 Å². The van der Waals surface area contributed by atoms with Gasteiger partial charge >= 0.3 is 0 Å². The normalized spacial score (nSPS) is 20.1. The second-order valence-corrected chi connectivity index (χ2v) is 5.60. The summed E-state index contributed by atoms with van der Waals surface area (Å²) in [4.78, 5) is 11.8. The Morgan fingerprint density at radius 2 is 2.00 bits per heavy atom. The van der Waals surface area contributed by atoms with Crippen molar-refractivity contribution in [2.45, 2.75) is 52.0 Å². The average molecular weight is 255 g/mol. The standard InChI is InChI=1S/C14H29N3O/c1-12(2)7-5-3-4-6-8-17-14(18)13-11-15-9-10-16-13/h12-13,15-16H,3-11H2,1-2H3,(H,17,18). The Kier molecular flexibility index (Phi) is 8.01. The van der Waals surface area contributed by atoms with Crippen LogP contribution in [0.1, 0.15) is 46.0 Å². The molecule has 0 bridgehead atoms. The van der Waals surface area contributed by atoms with E-state index >= 15 is 0 Å². The Balaban J connectivity index is 1.92. The predicted octanol–water partition coefficient (Wildman–Crippen LogP) is 1.27. The lowest BCUT2D eigenvalue weighted by atomic mass is 10.0. The third-order valence-electron chi connectivity index (χ3n) is 3.36. The zero-order valence-corrected chi connectivity index (χ0v) is 11.9. The molecule has 0 aromatic heterocycles. The molecular formula is C14H29N3O. The number of amides is 1. The minimum absolute atomic E-state index is 0.0420. The van der Waals surface area contributed by atoms with Crippen LogP contribution in [0.25, 0.3) is 0 Å². The summed E-state index contributed by atoms with van der Waals surface area (Å²) in [5.74, 6) is 0.957. The lowest BCUT2D eigenvalue weighted by molar-refractivity contribution is -0.123. The van der Waals surface area contributed by atoms with Crippen molar-refractivity contribution in [3.05, 3.63) is 0 Å². The summed E-state index contributed by atoms with van der Waals surface area (Å²) >= 11 is 0. The van der Waals surface area contributed by atoms with Gasteiger partial charge < -0.3 is 16.0 Å². The number of carbonyl (C=O) groups excluding carboxylic acids is 1. The molecule has 3 N–H and O–H groups in total. The van der Waals surface area contributed by atoms with Crippen molar-refractivity contribution in [3.63, 3.8) is 0 Å². The van der Waals surface area contributed by atoms with Gasteiger partial charge in [0.2, 0.25) is 5.91 Å². The maximum absolute atomic E-state index is 11.8. The molecule has 0 spiro atoms. The molecule has 1 aliphatic rings. The number of carbonyl (C=O) groups is 1. The van der Waals surface area contributed by atoms with Crippen molar-refractivity contribution in [1.29, 1.82) is 0 Å². The molecule has 0 saturated carbocycles. The van der Waals surface area contributed by atoms with E-state index in [0.717, 1.165) is 38.5 Å². The van der Waals surface area contributed by atoms with Gasteiger partial charge in [0.25, 0.3) is 0 Å². The second-order valence-electron chi connectivity index (χ2n) is 5.60. The number of piperazine rings is 1. The molecule has 106 valence electrons. The number of hydrogen-bond acceptors (Lipinski definition) is 3. The van der Waals surface area contributed by atoms with Crippen molar-refractivity contribution in [2.24, 2.45) is 5.92 Å². The maximum atomic E-state index is 11.8. The highest BCUT2D eigenvalue weighted by molar-refractivity contribution is 5.82. The first-order valence-electron chi connectivity index (χ1n) is 7.42. The summed E-state index contributed by atoms with van der Waals surface area (Å²) in [6.45, 7) is 7.95. The first-order valence-corrected chi connectivity index (χ1v) is 7.42. The molecule has 0 aromatic rings. The molecule has 1 fully saturated rings. The van der Waals surface area contributed by atoms with Gasteiger partial charge in [-0.1, -0.05) is 39.5 Å². The molecule has 1 saturated heterocycles. The van der Waals surface area contributed by atoms with E-state index in [2.05, 4.69) is 29.8 Å². The highest BCUT2D eigenvalue weighted by atomic mass is 16.2. The molecule has 1 heterocycles. The van der Waals surface area contributed by atoms with Crippen LogP contribution >= 0.6 is 0 Å². The molecule has 1 rings (SSSR count). The van der Waals surface area contributed by atoms with Gasteiger partial charge in [-0.15, -0.1) is 0 Å². The van der Waals surface area contributed by atoms with Crippen molar-refractivity contribution in [2.75, 3.05) is 26.2 Å². The smallest absolute Gasteiger partial charge is 0.238 e. The molecule has 1 atom stereocenters. The molecule has 1 unspecified atom stereocenters. The van der Waals surface area contributed by atoms with Crippen LogP contribution in [0.5, 0.6) is 0 Å². The third kappa shape index (κ3) is 6.97. The molecule has 18 heavy (non-hydrogen) atoms. The molecule has 4 nitrogen and oxygen atoms in total. The minimum atomic E-state index is -0.0420. The fourth-order valence-corrected chi connectivity index (χ4v) is 2.20. The third-order valence-corrected chi connectivity index (χ3v) is 3.36. The predicted molar refractivity (Wildman–Crippen MR) is 75.6 cm³/mol. The Labute approximate surface area is 111 Å². The van der Waals surface area contributed by atoms with Crippen LogP contribution in [0.4, 0.5) is 0 Å². The Hall–Kier alpha value is -0.610. The Morgan fingerprint density at radius 1 is 1.22 bits per heavy atom. The monoisotopic (exact) mass is 255 g/mol. The van der Waals surface area contributed by atoms with Crippen LogP contribution in [-0.4, -0.2) is 38.1 Å². The van der Waals surface area contributed by atoms with Gasteiger partial charge in [0, 0.05) is 26.2 Å². The minimum Gasteiger partial charge on any atom is -0.355 e. The summed E-state index contributed by atoms with van der Waals surface area (Å²) in [5, 5.41) is 9.45. The van der Waals surface area contributed by atoms with Gasteiger partial charge in [0.15, 0.2) is 0 Å². The largest absolute Gasteiger partial charge is 0.355 e. The number of rotatable bonds is 8. The van der Waals surface area contributed by atoms with Crippen molar-refractivity contribution >= 4 is 5.91 Å². The first kappa shape index (κ1) is 15.4. The average Bonchev–Trinajstić information content (AvgIpc) is 2.38. The first-order chi connectivity index (χ1) is 8.70. The summed E-state index contributed by atoms with van der Waals surface area (Å²) in [6.07, 6.45) is 6.26. The summed E-state index contributed by atoms with van der Waals surface area (Å²) in [7, 11) is 0. The molecule has 1 aliphatic heterocycles. The van der Waals surface area contributed by atoms with E-state index in [-0.39, 0.29) is 11.9 Å². The van der Waals surface area contributed by atoms with E-state index in [0.29, 0.717) is 0 Å². The van der Waals surface area contributed by atoms with Crippen LogP contribution in [0, 0.1) is 5.92 Å². The SMILES string of the molecule is CC(C)CCCCCCNC(=O)C1CNCCN1. The van der Waals surface area contributed by atoms with Gasteiger partial charge in [-0.2, -0.15) is 0 Å². The van der Waals surface area contributed by atoms with E-state index in [1.165, 1.54) is 25.7 Å². The lowest BCUT2D eigenvalue weighted by Crippen LogP contribution is -2.55. The van der Waals surface area contributed by atoms with Gasteiger partial charge in [-0.25, -0.2) is 0 Å². The lowest BCUT2D eigenvalue weighted by Gasteiger charge is -2.23. The Bertz CT molecular complexity index is 225.